The molecule has 2 heterocycles. The third kappa shape index (κ3) is 6.37. The highest BCUT2D eigenvalue weighted by Gasteiger charge is 2.54. The molecule has 1 amide bonds. The summed E-state index contributed by atoms with van der Waals surface area (Å²) in [6, 6.07) is 7.13. The Morgan fingerprint density at radius 3 is 2.20 bits per heavy atom. The molecule has 3 atom stereocenters. The molecule has 2 saturated carbocycles. The summed E-state index contributed by atoms with van der Waals surface area (Å²) in [5.41, 5.74) is 1.14. The summed E-state index contributed by atoms with van der Waals surface area (Å²) in [5, 5.41) is 9.54. The quantitative estimate of drug-likeness (QED) is 0.395. The molecule has 0 radical (unpaired) electrons. The number of carbonyl (C=O) groups excluding carboxylic acids is 1. The van der Waals surface area contributed by atoms with E-state index < -0.39 is 11.6 Å². The molecule has 1 aromatic carbocycles. The number of amides is 1. The first-order chi connectivity index (χ1) is 19.3. The maximum Gasteiger partial charge on any atom is 0.335 e. The molecule has 3 fully saturated rings. The smallest absolute Gasteiger partial charge is 0.335 e. The van der Waals surface area contributed by atoms with Gasteiger partial charge in [-0.2, -0.15) is 0 Å². The van der Waals surface area contributed by atoms with Gasteiger partial charge in [0.1, 0.15) is 5.66 Å². The molecule has 0 aromatic heterocycles. The number of piperidine rings is 1. The number of rotatable bonds is 5. The van der Waals surface area contributed by atoms with E-state index in [1.165, 1.54) is 32.1 Å². The molecule has 41 heavy (non-hydrogen) atoms. The molecule has 5 rings (SSSR count). The Hall–Kier alpha value is -2.37. The fourth-order valence-corrected chi connectivity index (χ4v) is 8.19. The van der Waals surface area contributed by atoms with Crippen LogP contribution in [0.2, 0.25) is 0 Å². The molecule has 2 unspecified atom stereocenters. The summed E-state index contributed by atoms with van der Waals surface area (Å²) < 4.78 is 0. The van der Waals surface area contributed by atoms with Crippen LogP contribution < -0.4 is 0 Å². The van der Waals surface area contributed by atoms with E-state index in [-0.39, 0.29) is 28.3 Å². The second-order valence-electron chi connectivity index (χ2n) is 15.8. The molecular weight excluding hydrogens is 510 g/mol. The lowest BCUT2D eigenvalue weighted by Gasteiger charge is -2.47. The van der Waals surface area contributed by atoms with E-state index in [1.807, 2.05) is 12.1 Å². The van der Waals surface area contributed by atoms with E-state index in [0.29, 0.717) is 17.7 Å². The van der Waals surface area contributed by atoms with Crippen LogP contribution >= 0.6 is 0 Å². The fraction of sp³-hybridized carbons (Fsp3) is 0.743. The summed E-state index contributed by atoms with van der Waals surface area (Å²) in [6.45, 7) is 15.7. The largest absolute Gasteiger partial charge is 0.478 e. The van der Waals surface area contributed by atoms with Gasteiger partial charge in [-0.25, -0.2) is 9.79 Å². The van der Waals surface area contributed by atoms with E-state index >= 15 is 0 Å². The van der Waals surface area contributed by atoms with E-state index in [4.69, 9.17) is 4.99 Å². The minimum Gasteiger partial charge on any atom is -0.478 e. The first-order valence-electron chi connectivity index (χ1n) is 16.3. The van der Waals surface area contributed by atoms with E-state index in [9.17, 15) is 14.7 Å². The molecule has 1 spiro atoms. The molecule has 0 bridgehead atoms. The Kier molecular flexibility index (Phi) is 8.35. The predicted octanol–water partition coefficient (Wildman–Crippen LogP) is 7.94. The molecule has 1 saturated heterocycles. The van der Waals surface area contributed by atoms with Gasteiger partial charge in [0.2, 0.25) is 0 Å². The number of hydrogen-bond acceptors (Lipinski definition) is 4. The Balaban J connectivity index is 1.51. The highest BCUT2D eigenvalue weighted by Crippen LogP contribution is 2.50. The van der Waals surface area contributed by atoms with Crippen molar-refractivity contribution in [1.29, 1.82) is 0 Å². The van der Waals surface area contributed by atoms with Gasteiger partial charge in [0.25, 0.3) is 5.91 Å². The minimum absolute atomic E-state index is 0.0923. The monoisotopic (exact) mass is 563 g/mol. The van der Waals surface area contributed by atoms with E-state index in [1.54, 1.807) is 12.1 Å². The third-order valence-corrected chi connectivity index (χ3v) is 10.8. The zero-order chi connectivity index (χ0) is 29.6. The zero-order valence-corrected chi connectivity index (χ0v) is 26.4. The van der Waals surface area contributed by atoms with Crippen LogP contribution in [0.5, 0.6) is 0 Å². The Morgan fingerprint density at radius 2 is 1.61 bits per heavy atom. The van der Waals surface area contributed by atoms with Crippen molar-refractivity contribution in [1.82, 2.24) is 9.80 Å². The van der Waals surface area contributed by atoms with Crippen LogP contribution in [0.3, 0.4) is 0 Å². The van der Waals surface area contributed by atoms with E-state index in [0.717, 1.165) is 63.1 Å². The molecule has 4 aliphatic rings. The molecule has 1 aromatic rings. The number of carboxylic acids is 1. The number of aromatic carboxylic acids is 1. The molecular formula is C35H53N3O3. The second kappa shape index (κ2) is 11.4. The maximum atomic E-state index is 14.7. The van der Waals surface area contributed by atoms with Crippen LogP contribution in [0.15, 0.2) is 29.3 Å². The number of amidine groups is 1. The minimum atomic E-state index is -0.922. The number of nitrogens with zero attached hydrogens (tertiary/aromatic N) is 3. The Labute approximate surface area is 248 Å². The van der Waals surface area contributed by atoms with Crippen LogP contribution in [0, 0.1) is 28.6 Å². The SMILES string of the molecule is CC(C)(C)CC[C@H](c1ccc(C(=O)O)cc1)N1C(=O)C(N2CCC3CCCCC3C2)=NC12CCC(C(C)(C)C)CC2. The molecule has 6 nitrogen and oxygen atoms in total. The van der Waals surface area contributed by atoms with Crippen LogP contribution in [-0.4, -0.2) is 51.4 Å². The second-order valence-corrected chi connectivity index (χ2v) is 15.8. The molecule has 1 N–H and O–H groups in total. The summed E-state index contributed by atoms with van der Waals surface area (Å²) in [5.74, 6) is 1.96. The molecule has 226 valence electrons. The number of carboxylic acid groups (broad SMARTS) is 1. The van der Waals surface area contributed by atoms with Gasteiger partial charge >= 0.3 is 5.97 Å². The van der Waals surface area contributed by atoms with Gasteiger partial charge < -0.3 is 14.9 Å². The number of aliphatic imine (C=N–C) groups is 1. The van der Waals surface area contributed by atoms with Gasteiger partial charge in [0.15, 0.2) is 5.84 Å². The van der Waals surface area contributed by atoms with Crippen LogP contribution in [0.25, 0.3) is 0 Å². The van der Waals surface area contributed by atoms with Crippen LogP contribution in [-0.2, 0) is 4.79 Å². The van der Waals surface area contributed by atoms with Gasteiger partial charge in [-0.1, -0.05) is 72.9 Å². The number of fused-ring (bicyclic) bond motifs is 1. The van der Waals surface area contributed by atoms with Crippen molar-refractivity contribution in [3.05, 3.63) is 35.4 Å². The van der Waals surface area contributed by atoms with Gasteiger partial charge in [0, 0.05) is 13.1 Å². The topological polar surface area (TPSA) is 73.2 Å². The normalized spacial score (nSPS) is 29.9. The summed E-state index contributed by atoms with van der Waals surface area (Å²) in [4.78, 5) is 36.3. The maximum absolute atomic E-state index is 14.7. The van der Waals surface area contributed by atoms with Gasteiger partial charge in [-0.15, -0.1) is 0 Å². The Morgan fingerprint density at radius 1 is 0.976 bits per heavy atom. The molecule has 6 heteroatoms. The lowest BCUT2D eigenvalue weighted by Crippen LogP contribution is -2.53. The average molecular weight is 564 g/mol. The summed E-state index contributed by atoms with van der Waals surface area (Å²) in [7, 11) is 0. The standard InChI is InChI=1S/C35H53N3O3/c1-33(2,3)19-17-29(25-11-13-26(14-12-25)32(40)41)38-31(39)30(37-22-18-24-9-7-8-10-27(24)23-37)36-35(38)20-15-28(16-21-35)34(4,5)6/h11-14,24,27-29H,7-10,15-23H2,1-6H3,(H,40,41)/t24?,27?,28?,29-,35?/m1/s1. The number of hydrogen-bond donors (Lipinski definition) is 1. The van der Waals surface area contributed by atoms with E-state index in [2.05, 4.69) is 51.3 Å². The lowest BCUT2D eigenvalue weighted by molar-refractivity contribution is -0.134. The molecule has 2 aliphatic carbocycles. The van der Waals surface area contributed by atoms with Crippen LogP contribution in [0.4, 0.5) is 0 Å². The molecule has 2 aliphatic heterocycles. The first kappa shape index (κ1) is 30.1. The van der Waals surface area contributed by atoms with Gasteiger partial charge in [-0.05, 0) is 97.6 Å². The first-order valence-corrected chi connectivity index (χ1v) is 16.3. The fourth-order valence-electron chi connectivity index (χ4n) is 8.19. The lowest BCUT2D eigenvalue weighted by atomic mass is 9.69. The predicted molar refractivity (Wildman–Crippen MR) is 165 cm³/mol. The summed E-state index contributed by atoms with van der Waals surface area (Å²) >= 11 is 0. The van der Waals surface area contributed by atoms with Crippen LogP contribution in [0.1, 0.15) is 134 Å². The number of likely N-dealkylation sites (tertiary alicyclic amines) is 1. The highest BCUT2D eigenvalue weighted by atomic mass is 16.4. The van der Waals surface area contributed by atoms with Crippen molar-refractivity contribution in [2.45, 2.75) is 124 Å². The number of carbonyl (C=O) groups is 2. The highest BCUT2D eigenvalue weighted by molar-refractivity contribution is 6.39. The zero-order valence-electron chi connectivity index (χ0n) is 26.4. The van der Waals surface area contributed by atoms with Gasteiger partial charge in [-0.3, -0.25) is 4.79 Å². The van der Waals surface area contributed by atoms with Gasteiger partial charge in [0.05, 0.1) is 11.6 Å². The average Bonchev–Trinajstić information content (AvgIpc) is 3.19. The van der Waals surface area contributed by atoms with Crippen molar-refractivity contribution >= 4 is 17.7 Å². The third-order valence-electron chi connectivity index (χ3n) is 10.8. The van der Waals surface area contributed by atoms with Crippen molar-refractivity contribution in [3.8, 4) is 0 Å². The van der Waals surface area contributed by atoms with Crippen molar-refractivity contribution in [3.63, 3.8) is 0 Å². The number of benzene rings is 1. The van der Waals surface area contributed by atoms with Crippen molar-refractivity contribution in [2.24, 2.45) is 33.6 Å². The van der Waals surface area contributed by atoms with Crippen molar-refractivity contribution < 1.29 is 14.7 Å². The van der Waals surface area contributed by atoms with Crippen molar-refractivity contribution in [2.75, 3.05) is 13.1 Å². The summed E-state index contributed by atoms with van der Waals surface area (Å²) in [6.07, 6.45) is 12.2. The Bertz CT molecular complexity index is 1130.